The number of nitrogens with zero attached hydrogens (tertiary/aromatic N) is 1. The predicted molar refractivity (Wildman–Crippen MR) is 91.3 cm³/mol. The molecule has 0 amide bonds. The van der Waals surface area contributed by atoms with E-state index in [0.717, 1.165) is 32.1 Å². The Morgan fingerprint density at radius 1 is 1.26 bits per heavy atom. The van der Waals surface area contributed by atoms with Gasteiger partial charge in [-0.25, -0.2) is 0 Å². The summed E-state index contributed by atoms with van der Waals surface area (Å²) in [5, 5.41) is 9.75. The van der Waals surface area contributed by atoms with Crippen LogP contribution < -0.4 is 5.73 Å². The van der Waals surface area contributed by atoms with Crippen molar-refractivity contribution < 1.29 is 9.92 Å². The van der Waals surface area contributed by atoms with Crippen molar-refractivity contribution in [3.05, 3.63) is 10.1 Å². The highest BCUT2D eigenvalue weighted by molar-refractivity contribution is 5.07. The van der Waals surface area contributed by atoms with Crippen molar-refractivity contribution in [2.75, 3.05) is 6.61 Å². The third-order valence-electron chi connectivity index (χ3n) is 6.55. The van der Waals surface area contributed by atoms with E-state index in [0.29, 0.717) is 11.3 Å². The van der Waals surface area contributed by atoms with Gasteiger partial charge in [0.1, 0.15) is 0 Å². The molecule has 2 rings (SSSR count). The van der Waals surface area contributed by atoms with Crippen molar-refractivity contribution in [1.82, 2.24) is 0 Å². The summed E-state index contributed by atoms with van der Waals surface area (Å²) < 4.78 is 0. The summed E-state index contributed by atoms with van der Waals surface area (Å²) >= 11 is 0. The molecule has 0 aromatic carbocycles. The molecule has 2 N–H and O–H groups in total. The molecule has 2 aliphatic carbocycles. The minimum atomic E-state index is -0.679. The zero-order chi connectivity index (χ0) is 17.3. The topological polar surface area (TPSA) is 78.4 Å². The molecule has 2 fully saturated rings. The van der Waals surface area contributed by atoms with Gasteiger partial charge in [-0.3, -0.25) is 0 Å². The van der Waals surface area contributed by atoms with Gasteiger partial charge in [0.05, 0.1) is 6.61 Å². The molecule has 2 bridgehead atoms. The second-order valence-electron chi connectivity index (χ2n) is 9.04. The summed E-state index contributed by atoms with van der Waals surface area (Å²) in [4.78, 5) is 15.0. The highest BCUT2D eigenvalue weighted by Gasteiger charge is 2.52. The largest absolute Gasteiger partial charge is 0.325 e. The van der Waals surface area contributed by atoms with Crippen LogP contribution in [0.3, 0.4) is 0 Å². The Hall–Kier alpha value is -0.840. The molecule has 0 aromatic heterocycles. The molecule has 23 heavy (non-hydrogen) atoms. The highest BCUT2D eigenvalue weighted by atomic mass is 16.9. The van der Waals surface area contributed by atoms with Crippen molar-refractivity contribution in [1.29, 1.82) is 0 Å². The van der Waals surface area contributed by atoms with E-state index >= 15 is 0 Å². The molecule has 2 aliphatic rings. The van der Waals surface area contributed by atoms with Gasteiger partial charge in [-0.1, -0.05) is 40.5 Å². The normalized spacial score (nSPS) is 41.3. The Morgan fingerprint density at radius 2 is 1.96 bits per heavy atom. The lowest BCUT2D eigenvalue weighted by molar-refractivity contribution is -0.759. The lowest BCUT2D eigenvalue weighted by atomic mass is 9.50. The maximum Gasteiger partial charge on any atom is 0.294 e. The standard InChI is InChI=1S/C18H34N2O3/c1-5-16(4)8-15-9-17(6-2,13-18(19,10-15)12-16)7-14(3)11-23-20(21)22/h14-15H,5-13,19H2,1-4H3. The number of nitrogens with two attached hydrogens (primary N) is 1. The van der Waals surface area contributed by atoms with Crippen molar-refractivity contribution in [2.45, 2.75) is 84.6 Å². The molecule has 0 spiro atoms. The van der Waals surface area contributed by atoms with Crippen LogP contribution in [-0.2, 0) is 4.84 Å². The maximum absolute atomic E-state index is 10.4. The molecule has 134 valence electrons. The van der Waals surface area contributed by atoms with Gasteiger partial charge < -0.3 is 10.6 Å². The Labute approximate surface area is 140 Å². The van der Waals surface area contributed by atoms with E-state index in [4.69, 9.17) is 5.73 Å². The smallest absolute Gasteiger partial charge is 0.294 e. The fourth-order valence-electron chi connectivity index (χ4n) is 5.87. The fourth-order valence-corrected chi connectivity index (χ4v) is 5.87. The molecule has 2 saturated carbocycles. The summed E-state index contributed by atoms with van der Waals surface area (Å²) in [6, 6.07) is 0. The monoisotopic (exact) mass is 326 g/mol. The molecule has 0 radical (unpaired) electrons. The lowest BCUT2D eigenvalue weighted by Crippen LogP contribution is -2.57. The van der Waals surface area contributed by atoms with Crippen LogP contribution in [-0.4, -0.2) is 17.2 Å². The number of hydrogen-bond donors (Lipinski definition) is 1. The van der Waals surface area contributed by atoms with E-state index < -0.39 is 5.09 Å². The minimum Gasteiger partial charge on any atom is -0.325 e. The van der Waals surface area contributed by atoms with Gasteiger partial charge in [0.2, 0.25) is 0 Å². The van der Waals surface area contributed by atoms with Crippen LogP contribution in [0.1, 0.15) is 79.1 Å². The van der Waals surface area contributed by atoms with Gasteiger partial charge >= 0.3 is 0 Å². The summed E-state index contributed by atoms with van der Waals surface area (Å²) in [5.74, 6) is 0.899. The van der Waals surface area contributed by atoms with Crippen molar-refractivity contribution in [3.8, 4) is 0 Å². The van der Waals surface area contributed by atoms with Crippen molar-refractivity contribution in [3.63, 3.8) is 0 Å². The number of rotatable bonds is 7. The fraction of sp³-hybridized carbons (Fsp3) is 1.00. The average Bonchev–Trinajstić information content (AvgIpc) is 2.43. The van der Waals surface area contributed by atoms with Gasteiger partial charge in [0.25, 0.3) is 5.09 Å². The number of fused-ring (bicyclic) bond motifs is 2. The van der Waals surface area contributed by atoms with E-state index in [-0.39, 0.29) is 23.5 Å². The van der Waals surface area contributed by atoms with Gasteiger partial charge in [0.15, 0.2) is 0 Å². The first kappa shape index (κ1) is 18.5. The van der Waals surface area contributed by atoms with E-state index in [1.807, 2.05) is 0 Å². The van der Waals surface area contributed by atoms with Gasteiger partial charge in [-0.2, -0.15) is 0 Å². The maximum atomic E-state index is 10.4. The molecule has 5 nitrogen and oxygen atoms in total. The third-order valence-corrected chi connectivity index (χ3v) is 6.55. The molecular weight excluding hydrogens is 292 g/mol. The van der Waals surface area contributed by atoms with E-state index in [1.54, 1.807) is 0 Å². The van der Waals surface area contributed by atoms with Crippen LogP contribution in [0.15, 0.2) is 0 Å². The second-order valence-corrected chi connectivity index (χ2v) is 9.04. The Kier molecular flexibility index (Phi) is 5.29. The molecule has 0 heterocycles. The van der Waals surface area contributed by atoms with Crippen LogP contribution in [0, 0.1) is 32.8 Å². The van der Waals surface area contributed by atoms with Crippen molar-refractivity contribution >= 4 is 0 Å². The van der Waals surface area contributed by atoms with E-state index in [1.165, 1.54) is 19.3 Å². The molecular formula is C18H34N2O3. The van der Waals surface area contributed by atoms with Gasteiger partial charge in [-0.05, 0) is 61.2 Å². The molecule has 0 saturated heterocycles. The van der Waals surface area contributed by atoms with Gasteiger partial charge in [-0.15, -0.1) is 10.1 Å². The van der Waals surface area contributed by atoms with E-state index in [2.05, 4.69) is 32.5 Å². The Bertz CT molecular complexity index is 444. The quantitative estimate of drug-likeness (QED) is 0.558. The first-order valence-electron chi connectivity index (χ1n) is 9.19. The van der Waals surface area contributed by atoms with E-state index in [9.17, 15) is 10.1 Å². The Morgan fingerprint density at radius 3 is 2.48 bits per heavy atom. The molecule has 5 heteroatoms. The summed E-state index contributed by atoms with van der Waals surface area (Å²) in [6.45, 7) is 9.20. The first-order valence-corrected chi connectivity index (χ1v) is 9.19. The highest BCUT2D eigenvalue weighted by Crippen LogP contribution is 2.58. The molecule has 0 aromatic rings. The zero-order valence-corrected chi connectivity index (χ0v) is 15.3. The molecule has 5 unspecified atom stereocenters. The Balaban J connectivity index is 2.08. The van der Waals surface area contributed by atoms with Crippen LogP contribution in [0.2, 0.25) is 0 Å². The van der Waals surface area contributed by atoms with Crippen LogP contribution in [0.4, 0.5) is 0 Å². The second kappa shape index (κ2) is 6.58. The first-order chi connectivity index (χ1) is 10.6. The summed E-state index contributed by atoms with van der Waals surface area (Å²) in [7, 11) is 0. The van der Waals surface area contributed by atoms with Crippen molar-refractivity contribution in [2.24, 2.45) is 28.4 Å². The summed E-state index contributed by atoms with van der Waals surface area (Å²) in [5.41, 5.74) is 7.43. The van der Waals surface area contributed by atoms with Crippen LogP contribution >= 0.6 is 0 Å². The van der Waals surface area contributed by atoms with Crippen LogP contribution in [0.5, 0.6) is 0 Å². The minimum absolute atomic E-state index is 0.0500. The third kappa shape index (κ3) is 4.37. The van der Waals surface area contributed by atoms with Gasteiger partial charge in [0, 0.05) is 5.54 Å². The SMILES string of the molecule is CCC1(C)CC2CC(N)(C1)CC(CC)(CC(C)CO[N+](=O)[O-])C2. The van der Waals surface area contributed by atoms with Crippen LogP contribution in [0.25, 0.3) is 0 Å². The lowest BCUT2D eigenvalue weighted by Gasteiger charge is -2.57. The average molecular weight is 326 g/mol. The number of hydrogen-bond acceptors (Lipinski definition) is 4. The zero-order valence-electron chi connectivity index (χ0n) is 15.3. The summed E-state index contributed by atoms with van der Waals surface area (Å²) in [6.07, 6.45) is 9.13. The molecule has 5 atom stereocenters. The predicted octanol–water partition coefficient (Wildman–Crippen LogP) is 4.33. The molecule has 0 aliphatic heterocycles.